The van der Waals surface area contributed by atoms with Gasteiger partial charge in [-0.1, -0.05) is 54.9 Å². The topological polar surface area (TPSA) is 24.4 Å². The summed E-state index contributed by atoms with van der Waals surface area (Å²) < 4.78 is 0. The zero-order valence-corrected chi connectivity index (χ0v) is 11.5. The predicted octanol–water partition coefficient (Wildman–Crippen LogP) is 3.44. The van der Waals surface area contributed by atoms with Crippen LogP contribution in [0.5, 0.6) is 0 Å². The van der Waals surface area contributed by atoms with Gasteiger partial charge in [0, 0.05) is 18.8 Å². The molecule has 0 aromatic heterocycles. The van der Waals surface area contributed by atoms with Gasteiger partial charge < -0.3 is 5.32 Å². The molecule has 1 aromatic carbocycles. The Morgan fingerprint density at radius 3 is 2.61 bits per heavy atom. The number of rotatable bonds is 2. The van der Waals surface area contributed by atoms with E-state index in [2.05, 4.69) is 35.6 Å². The number of hydrogen-bond acceptors (Lipinski definition) is 3. The van der Waals surface area contributed by atoms with Crippen molar-refractivity contribution < 1.29 is 0 Å². The van der Waals surface area contributed by atoms with Gasteiger partial charge in [0.25, 0.3) is 0 Å². The molecule has 0 atom stereocenters. The molecular weight excluding hydrogens is 240 g/mol. The highest BCUT2D eigenvalue weighted by atomic mass is 32.2. The van der Waals surface area contributed by atoms with Crippen LogP contribution in [-0.2, 0) is 6.54 Å². The van der Waals surface area contributed by atoms with E-state index in [0.717, 1.165) is 18.3 Å². The number of thioether (sulfide) groups is 1. The summed E-state index contributed by atoms with van der Waals surface area (Å²) in [6.07, 6.45) is 5.58. The SMILES string of the molecule is c1ccc(CNC2=NCC3(CCCC3)CS2)cc1. The highest BCUT2D eigenvalue weighted by Crippen LogP contribution is 2.43. The van der Waals surface area contributed by atoms with Crippen molar-refractivity contribution in [2.24, 2.45) is 10.4 Å². The van der Waals surface area contributed by atoms with Crippen LogP contribution in [-0.4, -0.2) is 17.5 Å². The molecule has 2 nitrogen and oxygen atoms in total. The summed E-state index contributed by atoms with van der Waals surface area (Å²) in [6.45, 7) is 1.93. The molecule has 1 aliphatic heterocycles. The van der Waals surface area contributed by atoms with Crippen LogP contribution in [0.2, 0.25) is 0 Å². The first-order valence-electron chi connectivity index (χ1n) is 6.81. The minimum atomic E-state index is 0.544. The maximum absolute atomic E-state index is 4.75. The van der Waals surface area contributed by atoms with Crippen molar-refractivity contribution in [3.05, 3.63) is 35.9 Å². The summed E-state index contributed by atoms with van der Waals surface area (Å²) >= 11 is 1.92. The largest absolute Gasteiger partial charge is 0.361 e. The number of amidine groups is 1. The Morgan fingerprint density at radius 2 is 1.94 bits per heavy atom. The lowest BCUT2D eigenvalue weighted by Crippen LogP contribution is -2.33. The molecule has 0 amide bonds. The summed E-state index contributed by atoms with van der Waals surface area (Å²) in [5.41, 5.74) is 1.87. The third-order valence-electron chi connectivity index (χ3n) is 4.02. The highest BCUT2D eigenvalue weighted by Gasteiger charge is 2.36. The predicted molar refractivity (Wildman–Crippen MR) is 78.9 cm³/mol. The molecule has 1 N–H and O–H groups in total. The Bertz CT molecular complexity index is 421. The number of nitrogens with one attached hydrogen (secondary N) is 1. The molecule has 1 saturated carbocycles. The Morgan fingerprint density at radius 1 is 1.17 bits per heavy atom. The summed E-state index contributed by atoms with van der Waals surface area (Å²) in [4.78, 5) is 4.75. The van der Waals surface area contributed by atoms with Crippen LogP contribution in [0.4, 0.5) is 0 Å². The van der Waals surface area contributed by atoms with Gasteiger partial charge in [0.05, 0.1) is 0 Å². The van der Waals surface area contributed by atoms with E-state index in [4.69, 9.17) is 4.99 Å². The van der Waals surface area contributed by atoms with Gasteiger partial charge in [-0.2, -0.15) is 0 Å². The second kappa shape index (κ2) is 5.35. The van der Waals surface area contributed by atoms with Gasteiger partial charge in [-0.3, -0.25) is 4.99 Å². The van der Waals surface area contributed by atoms with Crippen LogP contribution >= 0.6 is 11.8 Å². The molecule has 3 rings (SSSR count). The first kappa shape index (κ1) is 12.1. The Kier molecular flexibility index (Phi) is 3.59. The quantitative estimate of drug-likeness (QED) is 0.881. The van der Waals surface area contributed by atoms with Gasteiger partial charge in [0.15, 0.2) is 5.17 Å². The second-order valence-electron chi connectivity index (χ2n) is 5.46. The van der Waals surface area contributed by atoms with E-state index in [9.17, 15) is 0 Å². The van der Waals surface area contributed by atoms with Gasteiger partial charge in [0.1, 0.15) is 0 Å². The van der Waals surface area contributed by atoms with Crippen LogP contribution in [0.15, 0.2) is 35.3 Å². The molecule has 1 aliphatic carbocycles. The lowest BCUT2D eigenvalue weighted by molar-refractivity contribution is 0.358. The Hall–Kier alpha value is -0.960. The zero-order valence-electron chi connectivity index (χ0n) is 10.7. The number of benzene rings is 1. The maximum atomic E-state index is 4.75. The molecule has 0 unspecified atom stereocenters. The van der Waals surface area contributed by atoms with Crippen molar-refractivity contribution in [3.8, 4) is 0 Å². The average molecular weight is 260 g/mol. The van der Waals surface area contributed by atoms with Crippen molar-refractivity contribution in [1.82, 2.24) is 5.32 Å². The standard InChI is InChI=1S/C15H20N2S/c1-2-6-13(7-3-1)10-16-14-17-11-15(12-18-14)8-4-5-9-15/h1-3,6-7H,4-5,8-12H2,(H,16,17). The van der Waals surface area contributed by atoms with Crippen molar-refractivity contribution >= 4 is 16.9 Å². The summed E-state index contributed by atoms with van der Waals surface area (Å²) in [6, 6.07) is 10.5. The molecule has 1 heterocycles. The number of hydrogen-bond donors (Lipinski definition) is 1. The monoisotopic (exact) mass is 260 g/mol. The van der Waals surface area contributed by atoms with Gasteiger partial charge in [-0.05, 0) is 23.8 Å². The van der Waals surface area contributed by atoms with Crippen molar-refractivity contribution in [2.75, 3.05) is 12.3 Å². The lowest BCUT2D eigenvalue weighted by Gasteiger charge is -2.31. The van der Waals surface area contributed by atoms with Crippen LogP contribution in [0.25, 0.3) is 0 Å². The molecule has 0 radical (unpaired) electrons. The van der Waals surface area contributed by atoms with Gasteiger partial charge in [0.2, 0.25) is 0 Å². The van der Waals surface area contributed by atoms with Crippen molar-refractivity contribution in [2.45, 2.75) is 32.2 Å². The van der Waals surface area contributed by atoms with E-state index in [1.54, 1.807) is 0 Å². The molecule has 3 heteroatoms. The highest BCUT2D eigenvalue weighted by molar-refractivity contribution is 8.13. The number of nitrogens with zero attached hydrogens (tertiary/aromatic N) is 1. The molecule has 1 spiro atoms. The van der Waals surface area contributed by atoms with E-state index in [0.29, 0.717) is 5.41 Å². The van der Waals surface area contributed by atoms with Crippen LogP contribution in [0.1, 0.15) is 31.2 Å². The van der Waals surface area contributed by atoms with Crippen molar-refractivity contribution in [1.29, 1.82) is 0 Å². The van der Waals surface area contributed by atoms with E-state index in [1.807, 2.05) is 11.8 Å². The van der Waals surface area contributed by atoms with E-state index in [1.165, 1.54) is 37.0 Å². The summed E-state index contributed by atoms with van der Waals surface area (Å²) in [7, 11) is 0. The Balaban J connectivity index is 1.54. The first-order valence-corrected chi connectivity index (χ1v) is 7.80. The van der Waals surface area contributed by atoms with Crippen LogP contribution in [0.3, 0.4) is 0 Å². The molecular formula is C15H20N2S. The smallest absolute Gasteiger partial charge is 0.156 e. The van der Waals surface area contributed by atoms with E-state index < -0.39 is 0 Å². The normalized spacial score (nSPS) is 21.9. The van der Waals surface area contributed by atoms with Gasteiger partial charge in [-0.25, -0.2) is 0 Å². The second-order valence-corrected chi connectivity index (χ2v) is 6.42. The maximum Gasteiger partial charge on any atom is 0.156 e. The molecule has 2 aliphatic rings. The summed E-state index contributed by atoms with van der Waals surface area (Å²) in [5, 5.41) is 4.59. The molecule has 1 fully saturated rings. The van der Waals surface area contributed by atoms with Gasteiger partial charge in [-0.15, -0.1) is 0 Å². The fraction of sp³-hybridized carbons (Fsp3) is 0.533. The lowest BCUT2D eigenvalue weighted by atomic mass is 9.89. The molecule has 0 saturated heterocycles. The van der Waals surface area contributed by atoms with Crippen LogP contribution in [0, 0.1) is 5.41 Å². The van der Waals surface area contributed by atoms with Gasteiger partial charge >= 0.3 is 0 Å². The molecule has 96 valence electrons. The minimum Gasteiger partial charge on any atom is -0.361 e. The summed E-state index contributed by atoms with van der Waals surface area (Å²) in [5.74, 6) is 1.26. The van der Waals surface area contributed by atoms with E-state index in [-0.39, 0.29) is 0 Å². The number of aliphatic imine (C=N–C) groups is 1. The third-order valence-corrected chi connectivity index (χ3v) is 5.33. The van der Waals surface area contributed by atoms with Crippen LogP contribution < -0.4 is 5.32 Å². The zero-order chi connectivity index (χ0) is 12.3. The third kappa shape index (κ3) is 2.72. The molecule has 1 aromatic rings. The molecule has 0 bridgehead atoms. The average Bonchev–Trinajstić information content (AvgIpc) is 2.88. The fourth-order valence-corrected chi connectivity index (χ4v) is 4.01. The minimum absolute atomic E-state index is 0.544. The Labute approximate surface area is 113 Å². The molecule has 18 heavy (non-hydrogen) atoms. The first-order chi connectivity index (χ1) is 8.86. The van der Waals surface area contributed by atoms with Crippen molar-refractivity contribution in [3.63, 3.8) is 0 Å². The van der Waals surface area contributed by atoms with E-state index >= 15 is 0 Å². The fourth-order valence-electron chi connectivity index (χ4n) is 2.86.